The number of fused-ring (bicyclic) bond motifs is 2. The zero-order chi connectivity index (χ0) is 23.8. The Morgan fingerprint density at radius 3 is 2.32 bits per heavy atom. The minimum atomic E-state index is -0.229. The molecule has 34 heavy (non-hydrogen) atoms. The van der Waals surface area contributed by atoms with Gasteiger partial charge in [0.2, 0.25) is 5.91 Å². The molecule has 1 aliphatic carbocycles. The van der Waals surface area contributed by atoms with Crippen molar-refractivity contribution in [1.29, 1.82) is 0 Å². The molecule has 1 saturated carbocycles. The number of benzene rings is 1. The summed E-state index contributed by atoms with van der Waals surface area (Å²) in [7, 11) is 0. The van der Waals surface area contributed by atoms with Crippen LogP contribution in [0.1, 0.15) is 38.2 Å². The van der Waals surface area contributed by atoms with E-state index in [2.05, 4.69) is 33.2 Å². The molecule has 2 fully saturated rings. The van der Waals surface area contributed by atoms with Crippen molar-refractivity contribution in [2.45, 2.75) is 45.6 Å². The second-order valence-corrected chi connectivity index (χ2v) is 11.2. The zero-order valence-corrected chi connectivity index (χ0v) is 21.3. The zero-order valence-electron chi connectivity index (χ0n) is 19.6. The summed E-state index contributed by atoms with van der Waals surface area (Å²) in [6.45, 7) is 11.2. The number of hydrogen-bond donors (Lipinski definition) is 2. The molecule has 2 aromatic heterocycles. The lowest BCUT2D eigenvalue weighted by molar-refractivity contribution is -0.131. The molecule has 0 radical (unpaired) electrons. The second kappa shape index (κ2) is 9.59. The topological polar surface area (TPSA) is 90.5 Å². The summed E-state index contributed by atoms with van der Waals surface area (Å²) in [5.41, 5.74) is 3.13. The number of thiazole rings is 2. The fourth-order valence-corrected chi connectivity index (χ4v) is 6.83. The van der Waals surface area contributed by atoms with Crippen LogP contribution in [0.3, 0.4) is 0 Å². The summed E-state index contributed by atoms with van der Waals surface area (Å²) in [5.74, 6) is -0.102. The molecule has 2 N–H and O–H groups in total. The molecule has 2 aliphatic rings. The van der Waals surface area contributed by atoms with Gasteiger partial charge < -0.3 is 10.2 Å². The van der Waals surface area contributed by atoms with Gasteiger partial charge in [0.1, 0.15) is 0 Å². The lowest BCUT2D eigenvalue weighted by Gasteiger charge is -2.38. The van der Waals surface area contributed by atoms with Crippen molar-refractivity contribution in [3.8, 4) is 0 Å². The first-order chi connectivity index (χ1) is 16.4. The van der Waals surface area contributed by atoms with Crippen LogP contribution >= 0.6 is 22.7 Å². The van der Waals surface area contributed by atoms with Gasteiger partial charge in [0.05, 0.1) is 27.0 Å². The van der Waals surface area contributed by atoms with Gasteiger partial charge in [0.15, 0.2) is 10.3 Å². The molecule has 2 amide bonds. The van der Waals surface area contributed by atoms with E-state index in [1.54, 1.807) is 6.92 Å². The molecule has 0 atom stereocenters. The Hall–Kier alpha value is -2.56. The molecule has 180 valence electrons. The van der Waals surface area contributed by atoms with E-state index in [0.29, 0.717) is 10.7 Å². The minimum Gasteiger partial charge on any atom is -0.352 e. The number of nitrogens with zero attached hydrogens (tertiary/aromatic N) is 4. The monoisotopic (exact) mass is 498 g/mol. The van der Waals surface area contributed by atoms with Gasteiger partial charge in [0.25, 0.3) is 5.91 Å². The number of nitrogens with one attached hydrogen (secondary N) is 2. The first-order valence-corrected chi connectivity index (χ1v) is 13.5. The van der Waals surface area contributed by atoms with Crippen molar-refractivity contribution < 1.29 is 9.59 Å². The van der Waals surface area contributed by atoms with Gasteiger partial charge in [-0.3, -0.25) is 19.8 Å². The fourth-order valence-electron chi connectivity index (χ4n) is 4.83. The first kappa shape index (κ1) is 23.2. The van der Waals surface area contributed by atoms with Crippen LogP contribution in [-0.2, 0) is 9.59 Å². The van der Waals surface area contributed by atoms with Crippen LogP contribution in [0.25, 0.3) is 20.4 Å². The molecule has 10 heteroatoms. The quantitative estimate of drug-likeness (QED) is 0.495. The van der Waals surface area contributed by atoms with E-state index in [1.165, 1.54) is 48.4 Å². The third-order valence-electron chi connectivity index (χ3n) is 6.79. The van der Waals surface area contributed by atoms with Crippen LogP contribution < -0.4 is 10.6 Å². The Kier molecular flexibility index (Phi) is 6.54. The van der Waals surface area contributed by atoms with E-state index < -0.39 is 0 Å². The molecule has 1 aromatic carbocycles. The van der Waals surface area contributed by atoms with Crippen LogP contribution in [-0.4, -0.2) is 70.3 Å². The molecular weight excluding hydrogens is 468 g/mol. The molecule has 8 nitrogen and oxygen atoms in total. The molecule has 3 heterocycles. The van der Waals surface area contributed by atoms with Crippen molar-refractivity contribution in [2.24, 2.45) is 0 Å². The van der Waals surface area contributed by atoms with Gasteiger partial charge in [0, 0.05) is 43.4 Å². The number of aromatic nitrogens is 2. The average Bonchev–Trinajstić information content (AvgIpc) is 3.57. The van der Waals surface area contributed by atoms with E-state index in [0.717, 1.165) is 63.3 Å². The number of carbonyl (C=O) groups excluding carboxylic acids is 2. The van der Waals surface area contributed by atoms with E-state index in [-0.39, 0.29) is 18.4 Å². The van der Waals surface area contributed by atoms with Crippen LogP contribution in [0.15, 0.2) is 18.2 Å². The lowest BCUT2D eigenvalue weighted by Crippen LogP contribution is -2.52. The van der Waals surface area contributed by atoms with E-state index in [4.69, 9.17) is 4.98 Å². The van der Waals surface area contributed by atoms with Gasteiger partial charge in [-0.05, 0) is 32.8 Å². The Labute approximate surface area is 207 Å². The molecule has 3 aromatic rings. The Morgan fingerprint density at radius 1 is 1.06 bits per heavy atom. The van der Waals surface area contributed by atoms with Crippen molar-refractivity contribution in [2.75, 3.05) is 43.4 Å². The SMILES string of the molecule is C=C(C)C(=O)Nc1nc2c(C)c3nc(NCC(=O)N4CCN(C5CCCC5)CC4)sc3cc2s1. The molecule has 0 bridgehead atoms. The van der Waals surface area contributed by atoms with Crippen LogP contribution in [0, 0.1) is 6.92 Å². The van der Waals surface area contributed by atoms with Gasteiger partial charge >= 0.3 is 0 Å². The predicted octanol–water partition coefficient (Wildman–Crippen LogP) is 4.23. The maximum absolute atomic E-state index is 12.8. The number of anilines is 2. The van der Waals surface area contributed by atoms with E-state index >= 15 is 0 Å². The molecule has 0 unspecified atom stereocenters. The summed E-state index contributed by atoms with van der Waals surface area (Å²) < 4.78 is 2.03. The number of piperazine rings is 1. The Bertz CT molecular complexity index is 1250. The fraction of sp³-hybridized carbons (Fsp3) is 0.500. The smallest absolute Gasteiger partial charge is 0.252 e. The van der Waals surface area contributed by atoms with Gasteiger partial charge in [-0.25, -0.2) is 9.97 Å². The van der Waals surface area contributed by atoms with E-state index in [1.807, 2.05) is 11.8 Å². The Balaban J connectivity index is 1.22. The summed E-state index contributed by atoms with van der Waals surface area (Å²) in [4.78, 5) is 38.6. The largest absolute Gasteiger partial charge is 0.352 e. The van der Waals surface area contributed by atoms with Crippen LogP contribution in [0.2, 0.25) is 0 Å². The standard InChI is InChI=1S/C24H30N6O2S2/c1-14(2)22(32)28-24-27-21-15(3)20-17(12-18(21)34-24)33-23(26-20)25-13-19(31)30-10-8-29(9-11-30)16-6-4-5-7-16/h12,16H,1,4-11,13H2,2-3H3,(H,25,26)(H,27,28,32). The minimum absolute atomic E-state index is 0.127. The molecule has 1 saturated heterocycles. The normalized spacial score (nSPS) is 17.5. The van der Waals surface area contributed by atoms with Crippen LogP contribution in [0.5, 0.6) is 0 Å². The lowest BCUT2D eigenvalue weighted by atomic mass is 10.2. The number of rotatable bonds is 6. The maximum Gasteiger partial charge on any atom is 0.252 e. The second-order valence-electron chi connectivity index (χ2n) is 9.18. The third-order valence-corrected chi connectivity index (χ3v) is 8.66. The highest BCUT2D eigenvalue weighted by molar-refractivity contribution is 7.24. The highest BCUT2D eigenvalue weighted by atomic mass is 32.1. The van der Waals surface area contributed by atoms with Crippen molar-refractivity contribution in [1.82, 2.24) is 19.8 Å². The highest BCUT2D eigenvalue weighted by Gasteiger charge is 2.27. The first-order valence-electron chi connectivity index (χ1n) is 11.8. The summed E-state index contributed by atoms with van der Waals surface area (Å²) in [6, 6.07) is 2.78. The number of carbonyl (C=O) groups is 2. The summed E-state index contributed by atoms with van der Waals surface area (Å²) in [5, 5.41) is 7.33. The summed E-state index contributed by atoms with van der Waals surface area (Å²) >= 11 is 2.97. The van der Waals surface area contributed by atoms with Gasteiger partial charge in [-0.15, -0.1) is 0 Å². The molecule has 1 aliphatic heterocycles. The van der Waals surface area contributed by atoms with E-state index in [9.17, 15) is 9.59 Å². The van der Waals surface area contributed by atoms with Crippen molar-refractivity contribution in [3.05, 3.63) is 23.8 Å². The number of hydrogen-bond acceptors (Lipinski definition) is 8. The summed E-state index contributed by atoms with van der Waals surface area (Å²) in [6.07, 6.45) is 5.31. The highest BCUT2D eigenvalue weighted by Crippen LogP contribution is 2.37. The molecule has 0 spiro atoms. The number of amides is 2. The predicted molar refractivity (Wildman–Crippen MR) is 140 cm³/mol. The van der Waals surface area contributed by atoms with Crippen molar-refractivity contribution in [3.63, 3.8) is 0 Å². The van der Waals surface area contributed by atoms with Gasteiger partial charge in [-0.1, -0.05) is 42.1 Å². The van der Waals surface area contributed by atoms with Crippen molar-refractivity contribution >= 4 is 65.2 Å². The van der Waals surface area contributed by atoms with Crippen LogP contribution in [0.4, 0.5) is 10.3 Å². The molecule has 5 rings (SSSR count). The molecular formula is C24H30N6O2S2. The number of aryl methyl sites for hydroxylation is 1. The third kappa shape index (κ3) is 4.67. The van der Waals surface area contributed by atoms with Gasteiger partial charge in [-0.2, -0.15) is 0 Å². The maximum atomic E-state index is 12.8. The Morgan fingerprint density at radius 2 is 1.68 bits per heavy atom. The average molecular weight is 499 g/mol.